The molecule has 1 aliphatic rings. The highest BCUT2D eigenvalue weighted by Crippen LogP contribution is 2.21. The van der Waals surface area contributed by atoms with Gasteiger partial charge in [0.1, 0.15) is 30.2 Å². The van der Waals surface area contributed by atoms with Crippen molar-refractivity contribution in [1.82, 2.24) is 31.5 Å². The number of nitrogens with zero attached hydrogens (tertiary/aromatic N) is 1. The summed E-state index contributed by atoms with van der Waals surface area (Å²) in [6, 6.07) is 17.2. The lowest BCUT2D eigenvalue weighted by Crippen LogP contribution is -2.58. The predicted molar refractivity (Wildman–Crippen MR) is 218 cm³/mol. The van der Waals surface area contributed by atoms with Gasteiger partial charge in [-0.1, -0.05) is 72.8 Å². The number of amides is 7. The third kappa shape index (κ3) is 13.3. The van der Waals surface area contributed by atoms with Gasteiger partial charge in [-0.25, -0.2) is 0 Å². The molecule has 7 amide bonds. The number of hydrogen-bond donors (Lipinski definition) is 9. The largest absolute Gasteiger partial charge is 0.368 e. The molecule has 0 bridgehead atoms. The molecule has 0 radical (unpaired) electrons. The van der Waals surface area contributed by atoms with Crippen molar-refractivity contribution >= 4 is 64.8 Å². The molecule has 3 aromatic rings. The number of primary amides is 1. The van der Waals surface area contributed by atoms with Crippen molar-refractivity contribution in [3.8, 4) is 0 Å². The van der Waals surface area contributed by atoms with Crippen LogP contribution in [0.5, 0.6) is 0 Å². The van der Waals surface area contributed by atoms with Gasteiger partial charge in [0.2, 0.25) is 41.4 Å². The number of hydrogen-bond acceptors (Lipinski definition) is 10. The molecular formula is C40H53N9O7S. The van der Waals surface area contributed by atoms with E-state index in [1.165, 1.54) is 4.90 Å². The molecule has 4 rings (SSSR count). The predicted octanol–water partition coefficient (Wildman–Crippen LogP) is -0.826. The van der Waals surface area contributed by atoms with E-state index in [4.69, 9.17) is 17.2 Å². The number of carbonyl (C=O) groups excluding carboxylic acids is 7. The standard InChI is InChI=1S/C40H53N9O7S/c41-17-7-6-13-29(37(53)47-30(20-25-9-2-1-3-10-25)38(54)48-32(24-57)36(43)52)45-35(51)23-44-39(55)33-14-8-18-49(33)40(56)31(46-34(50)22-42)21-26-15-16-27-11-4-5-12-28(27)19-26/h1-5,9-12,15-16,19,29-33,57H,6-8,13-14,17-18,20-24,41-42H2,(H2,43,52)(H,44,55)(H,45,51)(H,46,50)(H,47,53)(H,48,54)/t29-,30-,31-,32-,33-/m0/s1. The summed E-state index contributed by atoms with van der Waals surface area (Å²) in [7, 11) is 0. The lowest BCUT2D eigenvalue weighted by molar-refractivity contribution is -0.141. The van der Waals surface area contributed by atoms with Crippen LogP contribution >= 0.6 is 12.6 Å². The Morgan fingerprint density at radius 3 is 2.05 bits per heavy atom. The van der Waals surface area contributed by atoms with Crippen molar-refractivity contribution in [1.29, 1.82) is 0 Å². The fourth-order valence-corrected chi connectivity index (χ4v) is 6.93. The molecule has 0 saturated carbocycles. The molecule has 0 aromatic heterocycles. The van der Waals surface area contributed by atoms with Crippen molar-refractivity contribution in [2.75, 3.05) is 31.9 Å². The number of thiol groups is 1. The van der Waals surface area contributed by atoms with E-state index in [1.807, 2.05) is 42.5 Å². The van der Waals surface area contributed by atoms with Gasteiger partial charge in [0.05, 0.1) is 13.1 Å². The highest BCUT2D eigenvalue weighted by molar-refractivity contribution is 7.80. The number of benzene rings is 3. The number of nitrogens with two attached hydrogens (primary N) is 3. The van der Waals surface area contributed by atoms with Crippen LogP contribution in [0.3, 0.4) is 0 Å². The molecule has 1 aliphatic heterocycles. The molecule has 16 nitrogen and oxygen atoms in total. The third-order valence-corrected chi connectivity index (χ3v) is 10.1. The van der Waals surface area contributed by atoms with Crippen molar-refractivity contribution < 1.29 is 33.6 Å². The Labute approximate surface area is 337 Å². The molecule has 1 fully saturated rings. The van der Waals surface area contributed by atoms with Gasteiger partial charge in [-0.3, -0.25) is 33.6 Å². The van der Waals surface area contributed by atoms with E-state index in [1.54, 1.807) is 30.3 Å². The molecular weight excluding hydrogens is 751 g/mol. The normalized spacial score (nSPS) is 15.8. The molecule has 0 aliphatic carbocycles. The van der Waals surface area contributed by atoms with Crippen LogP contribution in [0.4, 0.5) is 0 Å². The second-order valence-electron chi connectivity index (χ2n) is 13.9. The molecule has 306 valence electrons. The second-order valence-corrected chi connectivity index (χ2v) is 14.3. The number of nitrogens with one attached hydrogen (secondary N) is 5. The summed E-state index contributed by atoms with van der Waals surface area (Å²) in [5.74, 6) is -4.38. The molecule has 0 unspecified atom stereocenters. The van der Waals surface area contributed by atoms with E-state index in [2.05, 4.69) is 39.2 Å². The molecule has 17 heteroatoms. The first-order chi connectivity index (χ1) is 27.4. The van der Waals surface area contributed by atoms with E-state index in [9.17, 15) is 33.6 Å². The minimum absolute atomic E-state index is 0.0555. The minimum atomic E-state index is -1.14. The van der Waals surface area contributed by atoms with Crippen molar-refractivity contribution in [2.24, 2.45) is 17.2 Å². The van der Waals surface area contributed by atoms with Crippen molar-refractivity contribution in [2.45, 2.75) is 75.2 Å². The lowest BCUT2D eigenvalue weighted by atomic mass is 10.0. The summed E-state index contributed by atoms with van der Waals surface area (Å²) >= 11 is 4.09. The Hall–Kier alpha value is -5.52. The summed E-state index contributed by atoms with van der Waals surface area (Å²) in [5, 5.41) is 15.2. The zero-order valence-electron chi connectivity index (χ0n) is 31.8. The van der Waals surface area contributed by atoms with E-state index < -0.39 is 78.1 Å². The van der Waals surface area contributed by atoms with E-state index >= 15 is 0 Å². The van der Waals surface area contributed by atoms with Gasteiger partial charge >= 0.3 is 0 Å². The van der Waals surface area contributed by atoms with Gasteiger partial charge < -0.3 is 48.7 Å². The number of fused-ring (bicyclic) bond motifs is 1. The van der Waals surface area contributed by atoms with Crippen molar-refractivity contribution in [3.63, 3.8) is 0 Å². The van der Waals surface area contributed by atoms with E-state index in [-0.39, 0.29) is 38.1 Å². The van der Waals surface area contributed by atoms with Crippen LogP contribution in [-0.4, -0.2) is 108 Å². The summed E-state index contributed by atoms with van der Waals surface area (Å²) < 4.78 is 0. The molecule has 0 spiro atoms. The van der Waals surface area contributed by atoms with Crippen LogP contribution in [0, 0.1) is 0 Å². The highest BCUT2D eigenvalue weighted by atomic mass is 32.1. The summed E-state index contributed by atoms with van der Waals surface area (Å²) in [5.41, 5.74) is 18.2. The van der Waals surface area contributed by atoms with Gasteiger partial charge in [-0.2, -0.15) is 12.6 Å². The number of likely N-dealkylation sites (tertiary alicyclic amines) is 1. The fraction of sp³-hybridized carbons (Fsp3) is 0.425. The zero-order chi connectivity index (χ0) is 41.3. The van der Waals surface area contributed by atoms with Gasteiger partial charge in [-0.05, 0) is 60.5 Å². The van der Waals surface area contributed by atoms with Gasteiger partial charge in [0, 0.05) is 25.1 Å². The molecule has 57 heavy (non-hydrogen) atoms. The quantitative estimate of drug-likeness (QED) is 0.0481. The van der Waals surface area contributed by atoms with E-state index in [0.29, 0.717) is 32.2 Å². The molecule has 1 heterocycles. The zero-order valence-corrected chi connectivity index (χ0v) is 32.7. The maximum atomic E-state index is 13.9. The van der Waals surface area contributed by atoms with Crippen LogP contribution in [-0.2, 0) is 46.4 Å². The lowest BCUT2D eigenvalue weighted by Gasteiger charge is -2.29. The average molecular weight is 804 g/mol. The second kappa shape index (κ2) is 22.3. The molecule has 1 saturated heterocycles. The van der Waals surface area contributed by atoms with E-state index in [0.717, 1.165) is 21.9 Å². The topological polar surface area (TPSA) is 261 Å². The van der Waals surface area contributed by atoms with Crippen LogP contribution < -0.4 is 43.8 Å². The summed E-state index contributed by atoms with van der Waals surface area (Å²) in [6.07, 6.45) is 2.33. The fourth-order valence-electron chi connectivity index (χ4n) is 6.66. The Kier molecular flexibility index (Phi) is 17.3. The Bertz CT molecular complexity index is 1880. The van der Waals surface area contributed by atoms with Gasteiger partial charge in [0.25, 0.3) is 0 Å². The smallest absolute Gasteiger partial charge is 0.246 e. The van der Waals surface area contributed by atoms with Crippen LogP contribution in [0.2, 0.25) is 0 Å². The van der Waals surface area contributed by atoms with Crippen molar-refractivity contribution in [3.05, 3.63) is 83.9 Å². The number of unbranched alkanes of at least 4 members (excludes halogenated alkanes) is 1. The summed E-state index contributed by atoms with van der Waals surface area (Å²) in [4.78, 5) is 93.3. The maximum absolute atomic E-state index is 13.9. The highest BCUT2D eigenvalue weighted by Gasteiger charge is 2.38. The molecule has 5 atom stereocenters. The molecule has 3 aromatic carbocycles. The molecule has 11 N–H and O–H groups in total. The van der Waals surface area contributed by atoms with Gasteiger partial charge in [0.15, 0.2) is 0 Å². The van der Waals surface area contributed by atoms with Gasteiger partial charge in [-0.15, -0.1) is 0 Å². The SMILES string of the molecule is NCCCC[C@H](NC(=O)CNC(=O)[C@@H]1CCCN1C(=O)[C@H](Cc1ccc2ccccc2c1)NC(=O)CN)C(=O)N[C@@H](Cc1ccccc1)C(=O)N[C@@H](CS)C(N)=O. The van der Waals surface area contributed by atoms with Crippen LogP contribution in [0.15, 0.2) is 72.8 Å². The maximum Gasteiger partial charge on any atom is 0.246 e. The Morgan fingerprint density at radius 2 is 1.37 bits per heavy atom. The summed E-state index contributed by atoms with van der Waals surface area (Å²) in [6.45, 7) is -0.201. The monoisotopic (exact) mass is 803 g/mol. The Morgan fingerprint density at radius 1 is 0.719 bits per heavy atom. The average Bonchev–Trinajstić information content (AvgIpc) is 3.71. The first kappa shape index (κ1) is 44.2. The van der Waals surface area contributed by atoms with Crippen LogP contribution in [0.1, 0.15) is 43.2 Å². The number of rotatable bonds is 21. The van der Waals surface area contributed by atoms with Crippen LogP contribution in [0.25, 0.3) is 10.8 Å². The third-order valence-electron chi connectivity index (χ3n) is 9.69. The Balaban J connectivity index is 1.41. The number of carbonyl (C=O) groups is 7. The minimum Gasteiger partial charge on any atom is -0.368 e. The first-order valence-corrected chi connectivity index (χ1v) is 19.7. The first-order valence-electron chi connectivity index (χ1n) is 19.0.